The van der Waals surface area contributed by atoms with Crippen LogP contribution in [0.4, 0.5) is 13.2 Å². The van der Waals surface area contributed by atoms with E-state index in [0.717, 1.165) is 23.8 Å². The molecule has 0 aliphatic carbocycles. The maximum absolute atomic E-state index is 12.8. The SMILES string of the molecule is O=C(Cc1cccc(C(F)(F)F)c1)NNC(=O)c1cccc(S(=O)(=O)NCc2ccccc2)c1. The van der Waals surface area contributed by atoms with E-state index in [2.05, 4.69) is 15.6 Å². The molecule has 178 valence electrons. The standard InChI is InChI=1S/C23H20F3N3O4S/c24-23(25,26)19-10-4-8-17(12-19)13-21(30)28-29-22(31)18-9-5-11-20(14-18)34(32,33)27-15-16-6-2-1-3-7-16/h1-12,14,27H,13,15H2,(H,28,30)(H,29,31). The van der Waals surface area contributed by atoms with Gasteiger partial charge in [-0.15, -0.1) is 0 Å². The van der Waals surface area contributed by atoms with Crippen LogP contribution in [0.15, 0.2) is 83.8 Å². The molecule has 0 spiro atoms. The predicted molar refractivity (Wildman–Crippen MR) is 118 cm³/mol. The highest BCUT2D eigenvalue weighted by Gasteiger charge is 2.30. The molecular weight excluding hydrogens is 471 g/mol. The molecule has 0 aliphatic heterocycles. The van der Waals surface area contributed by atoms with Crippen molar-refractivity contribution in [2.24, 2.45) is 0 Å². The van der Waals surface area contributed by atoms with Gasteiger partial charge in [0, 0.05) is 12.1 Å². The quantitative estimate of drug-likeness (QED) is 0.442. The molecule has 3 aromatic rings. The Bertz CT molecular complexity index is 1280. The molecule has 0 bridgehead atoms. The van der Waals surface area contributed by atoms with Crippen LogP contribution in [0.1, 0.15) is 27.0 Å². The van der Waals surface area contributed by atoms with Gasteiger partial charge in [-0.3, -0.25) is 20.4 Å². The Morgan fingerprint density at radius 2 is 1.47 bits per heavy atom. The van der Waals surface area contributed by atoms with E-state index in [1.54, 1.807) is 30.3 Å². The number of carbonyl (C=O) groups excluding carboxylic acids is 2. The van der Waals surface area contributed by atoms with Crippen molar-refractivity contribution in [2.75, 3.05) is 0 Å². The van der Waals surface area contributed by atoms with Crippen LogP contribution in [0.5, 0.6) is 0 Å². The molecule has 3 aromatic carbocycles. The maximum atomic E-state index is 12.8. The Morgan fingerprint density at radius 1 is 0.794 bits per heavy atom. The fourth-order valence-corrected chi connectivity index (χ4v) is 4.01. The lowest BCUT2D eigenvalue weighted by molar-refractivity contribution is -0.137. The number of hydrazine groups is 1. The minimum atomic E-state index is -4.54. The second-order valence-electron chi connectivity index (χ2n) is 7.22. The summed E-state index contributed by atoms with van der Waals surface area (Å²) in [5, 5.41) is 0. The highest BCUT2D eigenvalue weighted by Crippen LogP contribution is 2.29. The minimum Gasteiger partial charge on any atom is -0.273 e. The summed E-state index contributed by atoms with van der Waals surface area (Å²) in [6.45, 7) is 0.0607. The van der Waals surface area contributed by atoms with Crippen molar-refractivity contribution in [3.63, 3.8) is 0 Å². The van der Waals surface area contributed by atoms with Crippen molar-refractivity contribution >= 4 is 21.8 Å². The van der Waals surface area contributed by atoms with Gasteiger partial charge in [-0.25, -0.2) is 13.1 Å². The van der Waals surface area contributed by atoms with E-state index in [1.165, 1.54) is 30.3 Å². The van der Waals surface area contributed by atoms with Gasteiger partial charge in [0.1, 0.15) is 0 Å². The molecule has 0 saturated heterocycles. The highest BCUT2D eigenvalue weighted by molar-refractivity contribution is 7.89. The van der Waals surface area contributed by atoms with Gasteiger partial charge >= 0.3 is 6.18 Å². The topological polar surface area (TPSA) is 104 Å². The molecule has 0 saturated carbocycles. The van der Waals surface area contributed by atoms with Gasteiger partial charge in [0.2, 0.25) is 15.9 Å². The lowest BCUT2D eigenvalue weighted by Gasteiger charge is -2.11. The normalized spacial score (nSPS) is 11.6. The average Bonchev–Trinajstić information content (AvgIpc) is 2.82. The number of nitrogens with one attached hydrogen (secondary N) is 3. The molecule has 11 heteroatoms. The first-order valence-electron chi connectivity index (χ1n) is 9.93. The number of hydrogen-bond donors (Lipinski definition) is 3. The lowest BCUT2D eigenvalue weighted by Crippen LogP contribution is -2.42. The smallest absolute Gasteiger partial charge is 0.273 e. The second-order valence-corrected chi connectivity index (χ2v) is 8.98. The van der Waals surface area contributed by atoms with E-state index in [9.17, 15) is 31.2 Å². The first-order valence-corrected chi connectivity index (χ1v) is 11.4. The Kier molecular flexibility index (Phi) is 7.69. The van der Waals surface area contributed by atoms with Crippen LogP contribution in [-0.2, 0) is 34.0 Å². The monoisotopic (exact) mass is 491 g/mol. The molecule has 0 fully saturated rings. The molecule has 2 amide bonds. The number of amides is 2. The van der Waals surface area contributed by atoms with Crippen molar-refractivity contribution in [1.82, 2.24) is 15.6 Å². The second kappa shape index (κ2) is 10.5. The summed E-state index contributed by atoms with van der Waals surface area (Å²) in [6, 6.07) is 18.3. The zero-order valence-corrected chi connectivity index (χ0v) is 18.4. The van der Waals surface area contributed by atoms with Gasteiger partial charge in [0.15, 0.2) is 0 Å². The van der Waals surface area contributed by atoms with Crippen molar-refractivity contribution in [1.29, 1.82) is 0 Å². The number of rotatable bonds is 7. The maximum Gasteiger partial charge on any atom is 0.416 e. The van der Waals surface area contributed by atoms with E-state index < -0.39 is 40.0 Å². The number of hydrogen-bond acceptors (Lipinski definition) is 4. The van der Waals surface area contributed by atoms with Gasteiger partial charge < -0.3 is 0 Å². The van der Waals surface area contributed by atoms with Crippen LogP contribution >= 0.6 is 0 Å². The first-order chi connectivity index (χ1) is 16.0. The fraction of sp³-hybridized carbons (Fsp3) is 0.130. The molecule has 34 heavy (non-hydrogen) atoms. The zero-order valence-electron chi connectivity index (χ0n) is 17.6. The molecule has 3 rings (SSSR count). The van der Waals surface area contributed by atoms with Gasteiger partial charge in [-0.1, -0.05) is 54.6 Å². The molecule has 7 nitrogen and oxygen atoms in total. The molecule has 0 atom stereocenters. The van der Waals surface area contributed by atoms with E-state index in [0.29, 0.717) is 0 Å². The number of alkyl halides is 3. The van der Waals surface area contributed by atoms with Gasteiger partial charge in [0.25, 0.3) is 5.91 Å². The lowest BCUT2D eigenvalue weighted by atomic mass is 10.1. The van der Waals surface area contributed by atoms with E-state index in [4.69, 9.17) is 0 Å². The number of carbonyl (C=O) groups is 2. The fourth-order valence-electron chi connectivity index (χ4n) is 2.95. The Morgan fingerprint density at radius 3 is 2.18 bits per heavy atom. The third-order valence-corrected chi connectivity index (χ3v) is 6.05. The summed E-state index contributed by atoms with van der Waals surface area (Å²) in [5.74, 6) is -1.54. The van der Waals surface area contributed by atoms with Gasteiger partial charge in [-0.05, 0) is 35.4 Å². The van der Waals surface area contributed by atoms with Crippen LogP contribution in [-0.4, -0.2) is 20.2 Å². The van der Waals surface area contributed by atoms with Crippen molar-refractivity contribution in [3.05, 3.63) is 101 Å². The Hall–Kier alpha value is -3.70. The highest BCUT2D eigenvalue weighted by atomic mass is 32.2. The molecular formula is C23H20F3N3O4S. The summed E-state index contributed by atoms with van der Waals surface area (Å²) in [7, 11) is -3.91. The summed E-state index contributed by atoms with van der Waals surface area (Å²) < 4.78 is 65.9. The third kappa shape index (κ3) is 6.90. The molecule has 0 heterocycles. The van der Waals surface area contributed by atoms with Crippen LogP contribution in [0.25, 0.3) is 0 Å². The Labute approximate surface area is 194 Å². The third-order valence-electron chi connectivity index (χ3n) is 4.65. The van der Waals surface area contributed by atoms with E-state index in [-0.39, 0.29) is 22.6 Å². The number of benzene rings is 3. The molecule has 0 aromatic heterocycles. The predicted octanol–water partition coefficient (Wildman–Crippen LogP) is 3.19. The molecule has 0 unspecified atom stereocenters. The minimum absolute atomic E-state index is 0.0399. The average molecular weight is 491 g/mol. The van der Waals surface area contributed by atoms with E-state index >= 15 is 0 Å². The van der Waals surface area contributed by atoms with Gasteiger partial charge in [0.05, 0.1) is 16.9 Å². The van der Waals surface area contributed by atoms with Crippen molar-refractivity contribution in [3.8, 4) is 0 Å². The zero-order chi connectivity index (χ0) is 24.8. The summed E-state index contributed by atoms with van der Waals surface area (Å²) in [6.07, 6.45) is -4.94. The number of halogens is 3. The van der Waals surface area contributed by atoms with Crippen molar-refractivity contribution < 1.29 is 31.2 Å². The Balaban J connectivity index is 1.59. The van der Waals surface area contributed by atoms with Crippen molar-refractivity contribution in [2.45, 2.75) is 24.0 Å². The van der Waals surface area contributed by atoms with Crippen LogP contribution < -0.4 is 15.6 Å². The van der Waals surface area contributed by atoms with Crippen LogP contribution in [0.3, 0.4) is 0 Å². The molecule has 0 aliphatic rings. The molecule has 3 N–H and O–H groups in total. The van der Waals surface area contributed by atoms with E-state index in [1.807, 2.05) is 0 Å². The summed E-state index contributed by atoms with van der Waals surface area (Å²) >= 11 is 0. The largest absolute Gasteiger partial charge is 0.416 e. The van der Waals surface area contributed by atoms with Gasteiger partial charge in [-0.2, -0.15) is 13.2 Å². The summed E-state index contributed by atoms with van der Waals surface area (Å²) in [5.41, 5.74) is 4.17. The molecule has 0 radical (unpaired) electrons. The number of sulfonamides is 1. The summed E-state index contributed by atoms with van der Waals surface area (Å²) in [4.78, 5) is 24.3. The van der Waals surface area contributed by atoms with Crippen LogP contribution in [0, 0.1) is 0 Å². The first kappa shape index (κ1) is 24.9. The van der Waals surface area contributed by atoms with Crippen LogP contribution in [0.2, 0.25) is 0 Å².